The van der Waals surface area contributed by atoms with Crippen molar-refractivity contribution in [2.24, 2.45) is 17.1 Å². The van der Waals surface area contributed by atoms with E-state index in [-0.39, 0.29) is 11.4 Å². The van der Waals surface area contributed by atoms with Crippen LogP contribution < -0.4 is 5.73 Å². The predicted octanol–water partition coefficient (Wildman–Crippen LogP) is 1.25. The Morgan fingerprint density at radius 2 is 2.00 bits per heavy atom. The number of methoxy groups -OCH3 is 1. The van der Waals surface area contributed by atoms with E-state index < -0.39 is 0 Å². The largest absolute Gasteiger partial charge is 0.469 e. The van der Waals surface area contributed by atoms with Crippen molar-refractivity contribution in [3.63, 3.8) is 0 Å². The lowest BCUT2D eigenvalue weighted by molar-refractivity contribution is -0.151. The van der Waals surface area contributed by atoms with Gasteiger partial charge in [0.1, 0.15) is 0 Å². The topological polar surface area (TPSA) is 55.6 Å². The molecular formula is C13H26N2O2. The molecule has 0 saturated carbocycles. The second kappa shape index (κ2) is 6.36. The summed E-state index contributed by atoms with van der Waals surface area (Å²) in [7, 11) is 1.46. The van der Waals surface area contributed by atoms with Crippen molar-refractivity contribution < 1.29 is 9.53 Å². The number of likely N-dealkylation sites (tertiary alicyclic amines) is 1. The second-order valence-electron chi connectivity index (χ2n) is 5.65. The summed E-state index contributed by atoms with van der Waals surface area (Å²) >= 11 is 0. The summed E-state index contributed by atoms with van der Waals surface area (Å²) in [6, 6.07) is 0. The number of nitrogens with two attached hydrogens (primary N) is 1. The van der Waals surface area contributed by atoms with E-state index >= 15 is 0 Å². The second-order valence-corrected chi connectivity index (χ2v) is 5.65. The van der Waals surface area contributed by atoms with Gasteiger partial charge in [-0.3, -0.25) is 4.79 Å². The molecule has 1 aliphatic heterocycles. The van der Waals surface area contributed by atoms with Gasteiger partial charge in [0, 0.05) is 0 Å². The first-order valence-electron chi connectivity index (χ1n) is 6.50. The lowest BCUT2D eigenvalue weighted by Crippen LogP contribution is -2.39. The first-order valence-corrected chi connectivity index (χ1v) is 6.50. The first-order chi connectivity index (χ1) is 7.99. The van der Waals surface area contributed by atoms with Crippen LogP contribution >= 0.6 is 0 Å². The zero-order chi connectivity index (χ0) is 12.9. The van der Waals surface area contributed by atoms with Crippen LogP contribution in [0.15, 0.2) is 0 Å². The molecule has 4 heteroatoms. The van der Waals surface area contributed by atoms with E-state index in [0.29, 0.717) is 5.92 Å². The van der Waals surface area contributed by atoms with E-state index in [2.05, 4.69) is 4.90 Å². The Labute approximate surface area is 104 Å². The maximum Gasteiger partial charge on any atom is 0.311 e. The number of nitrogens with zero attached hydrogens (tertiary/aromatic N) is 1. The lowest BCUT2D eigenvalue weighted by atomic mass is 9.88. The normalized spacial score (nSPS) is 19.3. The molecule has 0 aliphatic carbocycles. The van der Waals surface area contributed by atoms with Gasteiger partial charge in [-0.15, -0.1) is 0 Å². The number of carbonyl (C=O) groups is 1. The molecule has 1 saturated heterocycles. The molecule has 0 aromatic rings. The Morgan fingerprint density at radius 3 is 2.47 bits per heavy atom. The van der Waals surface area contributed by atoms with Gasteiger partial charge in [-0.1, -0.05) is 0 Å². The van der Waals surface area contributed by atoms with Crippen LogP contribution in [0, 0.1) is 11.3 Å². The summed E-state index contributed by atoms with van der Waals surface area (Å²) < 4.78 is 4.82. The molecule has 17 heavy (non-hydrogen) atoms. The third-order valence-electron chi connectivity index (χ3n) is 3.83. The quantitative estimate of drug-likeness (QED) is 0.737. The molecule has 0 unspecified atom stereocenters. The van der Waals surface area contributed by atoms with Crippen molar-refractivity contribution >= 4 is 5.97 Å². The summed E-state index contributed by atoms with van der Waals surface area (Å²) in [5.41, 5.74) is 5.29. The molecule has 4 nitrogen and oxygen atoms in total. The van der Waals surface area contributed by atoms with Crippen molar-refractivity contribution in [1.82, 2.24) is 4.90 Å². The van der Waals surface area contributed by atoms with Gasteiger partial charge in [0.15, 0.2) is 0 Å². The maximum absolute atomic E-state index is 11.5. The van der Waals surface area contributed by atoms with E-state index in [1.807, 2.05) is 13.8 Å². The summed E-state index contributed by atoms with van der Waals surface area (Å²) in [5, 5.41) is 0. The first kappa shape index (κ1) is 14.5. The number of piperidine rings is 1. The minimum absolute atomic E-state index is 0.116. The molecule has 0 atom stereocenters. The number of hydrogen-bond donors (Lipinski definition) is 1. The summed E-state index contributed by atoms with van der Waals surface area (Å²) in [4.78, 5) is 14.0. The average Bonchev–Trinajstić information content (AvgIpc) is 2.36. The van der Waals surface area contributed by atoms with Gasteiger partial charge < -0.3 is 15.4 Å². The van der Waals surface area contributed by atoms with Gasteiger partial charge >= 0.3 is 5.97 Å². The molecule has 1 rings (SSSR count). The van der Waals surface area contributed by atoms with Crippen LogP contribution in [-0.2, 0) is 9.53 Å². The third-order valence-corrected chi connectivity index (χ3v) is 3.83. The van der Waals surface area contributed by atoms with E-state index in [4.69, 9.17) is 10.5 Å². The smallest absolute Gasteiger partial charge is 0.311 e. The minimum Gasteiger partial charge on any atom is -0.469 e. The SMILES string of the molecule is COC(=O)C(C)(C)CCN1CCC(CN)CC1. The highest BCUT2D eigenvalue weighted by molar-refractivity contribution is 5.75. The fourth-order valence-corrected chi connectivity index (χ4v) is 2.26. The van der Waals surface area contributed by atoms with Gasteiger partial charge in [0.2, 0.25) is 0 Å². The Bertz CT molecular complexity index is 246. The van der Waals surface area contributed by atoms with Crippen LogP contribution in [0.3, 0.4) is 0 Å². The van der Waals surface area contributed by atoms with Crippen LogP contribution in [0.4, 0.5) is 0 Å². The highest BCUT2D eigenvalue weighted by Gasteiger charge is 2.29. The number of rotatable bonds is 5. The molecule has 0 spiro atoms. The molecule has 0 radical (unpaired) electrons. The molecule has 0 aromatic carbocycles. The minimum atomic E-state index is -0.376. The number of ether oxygens (including phenoxy) is 1. The fraction of sp³-hybridized carbons (Fsp3) is 0.923. The van der Waals surface area contributed by atoms with Crippen molar-refractivity contribution in [3.05, 3.63) is 0 Å². The summed E-state index contributed by atoms with van der Waals surface area (Å²) in [6.45, 7) is 7.90. The maximum atomic E-state index is 11.5. The molecule has 1 aliphatic rings. The molecule has 2 N–H and O–H groups in total. The van der Waals surface area contributed by atoms with Gasteiger partial charge in [-0.25, -0.2) is 0 Å². The summed E-state index contributed by atoms with van der Waals surface area (Å²) in [5.74, 6) is 0.578. The van der Waals surface area contributed by atoms with Crippen molar-refractivity contribution in [3.8, 4) is 0 Å². The van der Waals surface area contributed by atoms with E-state index in [1.54, 1.807) is 0 Å². The van der Waals surface area contributed by atoms with Crippen molar-refractivity contribution in [2.45, 2.75) is 33.1 Å². The Balaban J connectivity index is 2.30. The van der Waals surface area contributed by atoms with Crippen LogP contribution in [0.5, 0.6) is 0 Å². The van der Waals surface area contributed by atoms with Crippen molar-refractivity contribution in [1.29, 1.82) is 0 Å². The predicted molar refractivity (Wildman–Crippen MR) is 68.6 cm³/mol. The highest BCUT2D eigenvalue weighted by atomic mass is 16.5. The van der Waals surface area contributed by atoms with E-state index in [1.165, 1.54) is 20.0 Å². The van der Waals surface area contributed by atoms with E-state index in [0.717, 1.165) is 32.6 Å². The number of esters is 1. The number of carbonyl (C=O) groups excluding carboxylic acids is 1. The van der Waals surface area contributed by atoms with Gasteiger partial charge in [-0.2, -0.15) is 0 Å². The molecule has 100 valence electrons. The van der Waals surface area contributed by atoms with Crippen LogP contribution in [-0.4, -0.2) is 44.2 Å². The van der Waals surface area contributed by atoms with Crippen LogP contribution in [0.1, 0.15) is 33.1 Å². The van der Waals surface area contributed by atoms with Crippen molar-refractivity contribution in [2.75, 3.05) is 33.3 Å². The molecule has 0 amide bonds. The van der Waals surface area contributed by atoms with Gasteiger partial charge in [0.05, 0.1) is 12.5 Å². The van der Waals surface area contributed by atoms with E-state index in [9.17, 15) is 4.79 Å². The van der Waals surface area contributed by atoms with Gasteiger partial charge in [-0.05, 0) is 65.2 Å². The Hall–Kier alpha value is -0.610. The summed E-state index contributed by atoms with van der Waals surface area (Å²) in [6.07, 6.45) is 3.23. The molecule has 1 fully saturated rings. The third kappa shape index (κ3) is 4.28. The fourth-order valence-electron chi connectivity index (χ4n) is 2.26. The van der Waals surface area contributed by atoms with Crippen LogP contribution in [0.25, 0.3) is 0 Å². The van der Waals surface area contributed by atoms with Gasteiger partial charge in [0.25, 0.3) is 0 Å². The lowest BCUT2D eigenvalue weighted by Gasteiger charge is -2.33. The van der Waals surface area contributed by atoms with Crippen LogP contribution in [0.2, 0.25) is 0 Å². The molecule has 0 aromatic heterocycles. The highest BCUT2D eigenvalue weighted by Crippen LogP contribution is 2.24. The average molecular weight is 242 g/mol. The standard InChI is InChI=1S/C13H26N2O2/c1-13(2,12(16)17-3)6-9-15-7-4-11(10-14)5-8-15/h11H,4-10,14H2,1-3H3. The Kier molecular flexibility index (Phi) is 5.40. The zero-order valence-electron chi connectivity index (χ0n) is 11.4. The number of hydrogen-bond acceptors (Lipinski definition) is 4. The molecule has 1 heterocycles. The Morgan fingerprint density at radius 1 is 1.41 bits per heavy atom. The molecular weight excluding hydrogens is 216 g/mol. The molecule has 0 bridgehead atoms. The monoisotopic (exact) mass is 242 g/mol. The zero-order valence-corrected chi connectivity index (χ0v) is 11.4.